The van der Waals surface area contributed by atoms with Crippen LogP contribution in [0.15, 0.2) is 47.7 Å². The average Bonchev–Trinajstić information content (AvgIpc) is 3.18. The van der Waals surface area contributed by atoms with Gasteiger partial charge in [-0.2, -0.15) is 5.26 Å². The predicted octanol–water partition coefficient (Wildman–Crippen LogP) is 3.72. The van der Waals surface area contributed by atoms with Crippen LogP contribution in [0.25, 0.3) is 5.57 Å². The summed E-state index contributed by atoms with van der Waals surface area (Å²) in [6.07, 6.45) is 7.12. The Balaban J connectivity index is 1.44. The van der Waals surface area contributed by atoms with Gasteiger partial charge in [0.05, 0.1) is 5.56 Å². The van der Waals surface area contributed by atoms with Gasteiger partial charge in [-0.05, 0) is 77.9 Å². The molecule has 3 N–H and O–H groups in total. The van der Waals surface area contributed by atoms with Gasteiger partial charge in [0.1, 0.15) is 6.07 Å². The van der Waals surface area contributed by atoms with Crippen LogP contribution in [0.2, 0.25) is 0 Å². The van der Waals surface area contributed by atoms with Crippen molar-refractivity contribution < 1.29 is 0 Å². The molecular formula is C26H30N6. The Morgan fingerprint density at radius 3 is 3.00 bits per heavy atom. The highest BCUT2D eigenvalue weighted by atomic mass is 15.2. The molecular weight excluding hydrogens is 396 g/mol. The van der Waals surface area contributed by atoms with Crippen molar-refractivity contribution in [3.05, 3.63) is 76.1 Å². The van der Waals surface area contributed by atoms with Gasteiger partial charge in [0.25, 0.3) is 0 Å². The maximum absolute atomic E-state index is 9.06. The van der Waals surface area contributed by atoms with E-state index in [4.69, 9.17) is 11.0 Å². The number of aliphatic imine (C=N–C) groups is 1. The summed E-state index contributed by atoms with van der Waals surface area (Å²) < 4.78 is 0. The number of piperazine rings is 1. The summed E-state index contributed by atoms with van der Waals surface area (Å²) >= 11 is 0. The van der Waals surface area contributed by atoms with Crippen molar-refractivity contribution in [2.24, 2.45) is 10.7 Å². The summed E-state index contributed by atoms with van der Waals surface area (Å²) in [5.41, 5.74) is 15.1. The normalized spacial score (nSPS) is 19.3. The fourth-order valence-corrected chi connectivity index (χ4v) is 4.65. The number of nitrogens with one attached hydrogen (secondary N) is 1. The summed E-state index contributed by atoms with van der Waals surface area (Å²) in [6, 6.07) is 8.75. The summed E-state index contributed by atoms with van der Waals surface area (Å²) in [7, 11) is 0. The smallest absolute Gasteiger partial charge is 0.152 e. The summed E-state index contributed by atoms with van der Waals surface area (Å²) in [4.78, 5) is 11.1. The lowest BCUT2D eigenvalue weighted by Crippen LogP contribution is -2.46. The predicted molar refractivity (Wildman–Crippen MR) is 130 cm³/mol. The third-order valence-corrected chi connectivity index (χ3v) is 6.53. The molecule has 0 bridgehead atoms. The molecule has 2 aromatic rings. The first-order valence-corrected chi connectivity index (χ1v) is 11.1. The highest BCUT2D eigenvalue weighted by Crippen LogP contribution is 2.36. The molecule has 1 saturated heterocycles. The molecule has 0 spiro atoms. The van der Waals surface area contributed by atoms with Crippen molar-refractivity contribution in [1.82, 2.24) is 15.2 Å². The van der Waals surface area contributed by atoms with E-state index < -0.39 is 0 Å². The van der Waals surface area contributed by atoms with Gasteiger partial charge in [-0.3, -0.25) is 4.90 Å². The zero-order valence-electron chi connectivity index (χ0n) is 18.9. The second-order valence-corrected chi connectivity index (χ2v) is 8.62. The topological polar surface area (TPSA) is 90.3 Å². The summed E-state index contributed by atoms with van der Waals surface area (Å²) in [6.45, 7) is 11.9. The molecule has 4 rings (SSSR count). The Morgan fingerprint density at radius 1 is 1.41 bits per heavy atom. The second-order valence-electron chi connectivity index (χ2n) is 8.62. The molecule has 1 fully saturated rings. The van der Waals surface area contributed by atoms with Gasteiger partial charge in [-0.15, -0.1) is 0 Å². The van der Waals surface area contributed by atoms with Crippen LogP contribution in [0, 0.1) is 25.2 Å². The van der Waals surface area contributed by atoms with E-state index in [1.54, 1.807) is 18.6 Å². The standard InChI is InChI=1S/C26H30N6/c1-17-4-5-23-19(3)24(7-6-22(17)23)25-16-32(9-8-29-25)15-20(11-27)13-30-26-10-18(2)21(12-28)14-31-26/h6-7,10-11,13-14,25,29H,1,4-5,8-9,15-16,27H2,2-3H3/t25-/m0/s1. The lowest BCUT2D eigenvalue weighted by molar-refractivity contribution is 0.217. The number of aromatic nitrogens is 1. The van der Waals surface area contributed by atoms with Crippen LogP contribution in [0.4, 0.5) is 5.82 Å². The number of pyridine rings is 1. The van der Waals surface area contributed by atoms with E-state index in [1.807, 2.05) is 13.0 Å². The van der Waals surface area contributed by atoms with Gasteiger partial charge in [0.15, 0.2) is 5.82 Å². The van der Waals surface area contributed by atoms with Crippen LogP contribution in [-0.4, -0.2) is 42.3 Å². The first-order valence-electron chi connectivity index (χ1n) is 11.1. The maximum Gasteiger partial charge on any atom is 0.152 e. The molecule has 1 aromatic heterocycles. The van der Waals surface area contributed by atoms with Crippen LogP contribution < -0.4 is 11.1 Å². The number of benzene rings is 1. The fourth-order valence-electron chi connectivity index (χ4n) is 4.65. The van der Waals surface area contributed by atoms with E-state index in [0.29, 0.717) is 17.4 Å². The highest BCUT2D eigenvalue weighted by molar-refractivity contribution is 5.81. The number of hydrogen-bond donors (Lipinski definition) is 2. The second kappa shape index (κ2) is 9.47. The Morgan fingerprint density at radius 2 is 2.25 bits per heavy atom. The monoisotopic (exact) mass is 426 g/mol. The van der Waals surface area contributed by atoms with Gasteiger partial charge < -0.3 is 11.1 Å². The van der Waals surface area contributed by atoms with E-state index in [1.165, 1.54) is 27.8 Å². The first-order chi connectivity index (χ1) is 15.5. The van der Waals surface area contributed by atoms with E-state index >= 15 is 0 Å². The van der Waals surface area contributed by atoms with E-state index in [0.717, 1.165) is 50.2 Å². The Hall–Kier alpha value is -3.27. The van der Waals surface area contributed by atoms with E-state index in [-0.39, 0.29) is 0 Å². The molecule has 1 aliphatic carbocycles. The zero-order chi connectivity index (χ0) is 22.7. The Labute approximate surface area is 190 Å². The van der Waals surface area contributed by atoms with Gasteiger partial charge in [0.2, 0.25) is 0 Å². The van der Waals surface area contributed by atoms with Crippen molar-refractivity contribution in [3.8, 4) is 6.07 Å². The molecule has 6 nitrogen and oxygen atoms in total. The van der Waals surface area contributed by atoms with Crippen LogP contribution >= 0.6 is 0 Å². The lowest BCUT2D eigenvalue weighted by atomic mass is 9.92. The van der Waals surface area contributed by atoms with Crippen LogP contribution in [0.3, 0.4) is 0 Å². The van der Waals surface area contributed by atoms with Crippen LogP contribution in [0.5, 0.6) is 0 Å². The molecule has 32 heavy (non-hydrogen) atoms. The minimum absolute atomic E-state index is 0.293. The number of hydrogen-bond acceptors (Lipinski definition) is 6. The van der Waals surface area contributed by atoms with Crippen LogP contribution in [-0.2, 0) is 6.42 Å². The zero-order valence-corrected chi connectivity index (χ0v) is 18.9. The molecule has 1 atom stereocenters. The highest BCUT2D eigenvalue weighted by Gasteiger charge is 2.25. The summed E-state index contributed by atoms with van der Waals surface area (Å²) in [5.74, 6) is 0.578. The Kier molecular flexibility index (Phi) is 6.50. The number of fused-ring (bicyclic) bond motifs is 1. The van der Waals surface area contributed by atoms with Gasteiger partial charge in [0, 0.05) is 44.6 Å². The Bertz CT molecular complexity index is 1140. The van der Waals surface area contributed by atoms with Gasteiger partial charge in [-0.25, -0.2) is 9.98 Å². The van der Waals surface area contributed by atoms with Crippen molar-refractivity contribution in [1.29, 1.82) is 5.26 Å². The largest absolute Gasteiger partial charge is 0.404 e. The molecule has 164 valence electrons. The van der Waals surface area contributed by atoms with Crippen molar-refractivity contribution >= 4 is 17.6 Å². The number of nitriles is 1. The third-order valence-electron chi connectivity index (χ3n) is 6.53. The molecule has 0 amide bonds. The molecule has 1 aromatic carbocycles. The summed E-state index contributed by atoms with van der Waals surface area (Å²) in [5, 5.41) is 12.7. The SMILES string of the molecule is C=C1CCc2c1ccc([C@@H]1CN(CC(C=Nc3cc(C)c(C#N)cn3)=CN)CCN1)c2C. The number of nitrogens with zero attached hydrogens (tertiary/aromatic N) is 4. The number of allylic oxidation sites excluding steroid dienone is 1. The molecule has 2 heterocycles. The molecule has 1 aliphatic heterocycles. The quantitative estimate of drug-likeness (QED) is 0.711. The lowest BCUT2D eigenvalue weighted by Gasteiger charge is -2.35. The maximum atomic E-state index is 9.06. The number of nitrogens with two attached hydrogens (primary N) is 1. The van der Waals surface area contributed by atoms with Crippen LogP contribution in [0.1, 0.15) is 45.8 Å². The molecule has 2 aliphatic rings. The molecule has 6 heteroatoms. The molecule has 0 saturated carbocycles. The third kappa shape index (κ3) is 4.50. The van der Waals surface area contributed by atoms with E-state index in [9.17, 15) is 0 Å². The van der Waals surface area contributed by atoms with Crippen molar-refractivity contribution in [2.45, 2.75) is 32.7 Å². The minimum atomic E-state index is 0.293. The van der Waals surface area contributed by atoms with E-state index in [2.05, 4.69) is 51.9 Å². The van der Waals surface area contributed by atoms with Crippen molar-refractivity contribution in [2.75, 3.05) is 26.2 Å². The van der Waals surface area contributed by atoms with Gasteiger partial charge >= 0.3 is 0 Å². The molecule has 0 unspecified atom stereocenters. The number of aryl methyl sites for hydroxylation is 1. The average molecular weight is 427 g/mol. The minimum Gasteiger partial charge on any atom is -0.404 e. The molecule has 0 radical (unpaired) electrons. The first kappa shape index (κ1) is 21.9. The number of rotatable bonds is 5. The van der Waals surface area contributed by atoms with Crippen molar-refractivity contribution in [3.63, 3.8) is 0 Å². The fraction of sp³-hybridized carbons (Fsp3) is 0.346. The van der Waals surface area contributed by atoms with Gasteiger partial charge in [-0.1, -0.05) is 18.7 Å².